The molecule has 0 bridgehead atoms. The molecular weight excluding hydrogens is 348 g/mol. The van der Waals surface area contributed by atoms with E-state index in [1.807, 2.05) is 0 Å². The number of rotatable bonds is 5. The average molecular weight is 367 g/mol. The molecule has 0 aliphatic carbocycles. The molecule has 0 spiro atoms. The molecule has 1 aromatic carbocycles. The lowest BCUT2D eigenvalue weighted by Crippen LogP contribution is -2.43. The van der Waals surface area contributed by atoms with Gasteiger partial charge < -0.3 is 0 Å². The van der Waals surface area contributed by atoms with Gasteiger partial charge in [-0.15, -0.1) is 0 Å². The lowest BCUT2D eigenvalue weighted by Gasteiger charge is -2.29. The molecule has 0 aromatic heterocycles. The standard InChI is InChI=1S/C14H19F2NO4S2/c1-10(2)8-17(11-5-6-22(18,19)9-11)23(20,21)12-3-4-13(15)14(16)7-12/h3-4,7,10-11H,5-6,8-9H2,1-2H3/t11-/m0/s1. The van der Waals surface area contributed by atoms with E-state index < -0.39 is 37.5 Å². The third-order valence-corrected chi connectivity index (χ3v) is 7.32. The highest BCUT2D eigenvalue weighted by molar-refractivity contribution is 7.92. The van der Waals surface area contributed by atoms with Crippen molar-refractivity contribution >= 4 is 19.9 Å². The van der Waals surface area contributed by atoms with Crippen molar-refractivity contribution in [3.8, 4) is 0 Å². The Morgan fingerprint density at radius 2 is 1.91 bits per heavy atom. The number of benzene rings is 1. The molecule has 0 N–H and O–H groups in total. The van der Waals surface area contributed by atoms with E-state index in [2.05, 4.69) is 0 Å². The summed E-state index contributed by atoms with van der Waals surface area (Å²) >= 11 is 0. The van der Waals surface area contributed by atoms with E-state index in [1.165, 1.54) is 0 Å². The molecule has 5 nitrogen and oxygen atoms in total. The van der Waals surface area contributed by atoms with Crippen molar-refractivity contribution in [2.24, 2.45) is 5.92 Å². The summed E-state index contributed by atoms with van der Waals surface area (Å²) in [6.07, 6.45) is 0.206. The monoisotopic (exact) mass is 367 g/mol. The van der Waals surface area contributed by atoms with E-state index in [1.54, 1.807) is 13.8 Å². The molecule has 130 valence electrons. The van der Waals surface area contributed by atoms with Crippen molar-refractivity contribution in [3.63, 3.8) is 0 Å². The fraction of sp³-hybridized carbons (Fsp3) is 0.571. The number of sulfonamides is 1. The summed E-state index contributed by atoms with van der Waals surface area (Å²) in [5.41, 5.74) is 0. The van der Waals surface area contributed by atoms with Crippen molar-refractivity contribution in [2.45, 2.75) is 31.2 Å². The summed E-state index contributed by atoms with van der Waals surface area (Å²) in [6.45, 7) is 3.72. The van der Waals surface area contributed by atoms with Gasteiger partial charge in [0.2, 0.25) is 10.0 Å². The van der Waals surface area contributed by atoms with Gasteiger partial charge in [-0.3, -0.25) is 0 Å². The minimum atomic E-state index is -4.11. The summed E-state index contributed by atoms with van der Waals surface area (Å²) in [6, 6.07) is 1.69. The Labute approximate surface area is 135 Å². The van der Waals surface area contributed by atoms with E-state index in [-0.39, 0.29) is 35.3 Å². The number of hydrogen-bond acceptors (Lipinski definition) is 4. The molecule has 0 amide bonds. The van der Waals surface area contributed by atoms with Gasteiger partial charge in [0.15, 0.2) is 21.5 Å². The first-order chi connectivity index (χ1) is 10.5. The molecule has 0 radical (unpaired) electrons. The fourth-order valence-electron chi connectivity index (χ4n) is 2.58. The summed E-state index contributed by atoms with van der Waals surface area (Å²) < 4.78 is 76.4. The van der Waals surface area contributed by atoms with Crippen LogP contribution in [0.2, 0.25) is 0 Å². The Kier molecular flexibility index (Phi) is 5.12. The zero-order chi connectivity index (χ0) is 17.4. The summed E-state index contributed by atoms with van der Waals surface area (Å²) in [5.74, 6) is -2.75. The van der Waals surface area contributed by atoms with Crippen molar-refractivity contribution in [3.05, 3.63) is 29.8 Å². The quantitative estimate of drug-likeness (QED) is 0.796. The normalized spacial score (nSPS) is 21.2. The summed E-state index contributed by atoms with van der Waals surface area (Å²) in [4.78, 5) is -0.374. The predicted octanol–water partition coefficient (Wildman–Crippen LogP) is 1.80. The molecule has 23 heavy (non-hydrogen) atoms. The topological polar surface area (TPSA) is 71.5 Å². The number of hydrogen-bond donors (Lipinski definition) is 0. The Hall–Kier alpha value is -1.06. The van der Waals surface area contributed by atoms with Crippen LogP contribution in [-0.2, 0) is 19.9 Å². The molecule has 1 saturated heterocycles. The summed E-state index contributed by atoms with van der Waals surface area (Å²) in [7, 11) is -7.38. The van der Waals surface area contributed by atoms with Crippen LogP contribution in [0.1, 0.15) is 20.3 Å². The van der Waals surface area contributed by atoms with Crippen LogP contribution in [0.25, 0.3) is 0 Å². The van der Waals surface area contributed by atoms with E-state index in [4.69, 9.17) is 0 Å². The van der Waals surface area contributed by atoms with Crippen molar-refractivity contribution in [1.82, 2.24) is 4.31 Å². The Balaban J connectivity index is 2.43. The fourth-order valence-corrected chi connectivity index (χ4v) is 6.23. The van der Waals surface area contributed by atoms with E-state index in [9.17, 15) is 25.6 Å². The van der Waals surface area contributed by atoms with E-state index in [0.29, 0.717) is 6.07 Å². The van der Waals surface area contributed by atoms with Crippen molar-refractivity contribution in [2.75, 3.05) is 18.1 Å². The van der Waals surface area contributed by atoms with Gasteiger partial charge >= 0.3 is 0 Å². The van der Waals surface area contributed by atoms with Crippen molar-refractivity contribution < 1.29 is 25.6 Å². The second kappa shape index (κ2) is 6.45. The maximum Gasteiger partial charge on any atom is 0.243 e. The van der Waals surface area contributed by atoms with Crippen LogP contribution in [0, 0.1) is 17.6 Å². The summed E-state index contributed by atoms with van der Waals surface area (Å²) in [5, 5.41) is 0. The largest absolute Gasteiger partial charge is 0.243 e. The van der Waals surface area contributed by atoms with Gasteiger partial charge in [0.25, 0.3) is 0 Å². The van der Waals surface area contributed by atoms with Gasteiger partial charge in [-0.05, 0) is 30.5 Å². The van der Waals surface area contributed by atoms with Crippen LogP contribution in [0.15, 0.2) is 23.1 Å². The Morgan fingerprint density at radius 1 is 1.26 bits per heavy atom. The minimum absolute atomic E-state index is 0.0432. The van der Waals surface area contributed by atoms with Gasteiger partial charge in [-0.2, -0.15) is 4.31 Å². The lowest BCUT2D eigenvalue weighted by molar-refractivity contribution is 0.307. The van der Waals surface area contributed by atoms with Crippen LogP contribution in [-0.4, -0.2) is 45.2 Å². The molecule has 1 heterocycles. The molecule has 0 unspecified atom stereocenters. The predicted molar refractivity (Wildman–Crippen MR) is 82.1 cm³/mol. The van der Waals surface area contributed by atoms with Crippen LogP contribution < -0.4 is 0 Å². The van der Waals surface area contributed by atoms with E-state index >= 15 is 0 Å². The SMILES string of the molecule is CC(C)CN([C@H]1CCS(=O)(=O)C1)S(=O)(=O)c1ccc(F)c(F)c1. The molecule has 1 fully saturated rings. The van der Waals surface area contributed by atoms with Crippen molar-refractivity contribution in [1.29, 1.82) is 0 Å². The number of halogens is 2. The molecule has 1 aliphatic heterocycles. The van der Waals surface area contributed by atoms with Crippen LogP contribution in [0.4, 0.5) is 8.78 Å². The molecule has 1 aliphatic rings. The average Bonchev–Trinajstić information content (AvgIpc) is 2.78. The minimum Gasteiger partial charge on any atom is -0.229 e. The van der Waals surface area contributed by atoms with Gasteiger partial charge in [-0.25, -0.2) is 25.6 Å². The first-order valence-corrected chi connectivity index (χ1v) is 10.5. The zero-order valence-corrected chi connectivity index (χ0v) is 14.5. The maximum atomic E-state index is 13.4. The third-order valence-electron chi connectivity index (χ3n) is 3.66. The highest BCUT2D eigenvalue weighted by Gasteiger charge is 2.39. The smallest absolute Gasteiger partial charge is 0.229 e. The molecule has 0 saturated carbocycles. The van der Waals surface area contributed by atoms with Gasteiger partial charge in [0.1, 0.15) is 0 Å². The molecule has 9 heteroatoms. The van der Waals surface area contributed by atoms with Gasteiger partial charge in [-0.1, -0.05) is 13.8 Å². The van der Waals surface area contributed by atoms with Crippen LogP contribution >= 0.6 is 0 Å². The van der Waals surface area contributed by atoms with E-state index in [0.717, 1.165) is 16.4 Å². The Bertz CT molecular complexity index is 791. The molecular formula is C14H19F2NO4S2. The second-order valence-electron chi connectivity index (χ2n) is 6.10. The first-order valence-electron chi connectivity index (χ1n) is 7.20. The molecule has 1 atom stereocenters. The maximum absolute atomic E-state index is 13.4. The second-order valence-corrected chi connectivity index (χ2v) is 10.2. The van der Waals surface area contributed by atoms with Crippen LogP contribution in [0.5, 0.6) is 0 Å². The molecule has 1 aromatic rings. The first kappa shape index (κ1) is 18.3. The highest BCUT2D eigenvalue weighted by atomic mass is 32.2. The third kappa shape index (κ3) is 4.07. The van der Waals surface area contributed by atoms with Crippen LogP contribution in [0.3, 0.4) is 0 Å². The van der Waals surface area contributed by atoms with Gasteiger partial charge in [0, 0.05) is 12.6 Å². The number of sulfone groups is 1. The molecule has 2 rings (SSSR count). The van der Waals surface area contributed by atoms with Gasteiger partial charge in [0.05, 0.1) is 16.4 Å². The lowest BCUT2D eigenvalue weighted by atomic mass is 10.2. The highest BCUT2D eigenvalue weighted by Crippen LogP contribution is 2.26. The number of nitrogens with zero attached hydrogens (tertiary/aromatic N) is 1. The zero-order valence-electron chi connectivity index (χ0n) is 12.9. The Morgan fingerprint density at radius 3 is 2.39 bits per heavy atom.